The van der Waals surface area contributed by atoms with Crippen molar-refractivity contribution in [1.82, 2.24) is 9.80 Å². The number of rotatable bonds is 8. The summed E-state index contributed by atoms with van der Waals surface area (Å²) in [5.41, 5.74) is 2.11. The lowest BCUT2D eigenvalue weighted by Crippen LogP contribution is -2.26. The lowest BCUT2D eigenvalue weighted by molar-refractivity contribution is -0.121. The van der Waals surface area contributed by atoms with E-state index in [1.165, 1.54) is 11.8 Å². The van der Waals surface area contributed by atoms with Crippen molar-refractivity contribution in [3.63, 3.8) is 0 Å². The second-order valence-electron chi connectivity index (χ2n) is 8.60. The van der Waals surface area contributed by atoms with E-state index < -0.39 is 5.25 Å². The molecule has 2 heterocycles. The molecule has 0 aromatic heterocycles. The molecule has 1 N–H and O–H groups in total. The van der Waals surface area contributed by atoms with Crippen molar-refractivity contribution in [3.8, 4) is 5.75 Å². The highest BCUT2D eigenvalue weighted by atomic mass is 32.2. The van der Waals surface area contributed by atoms with Gasteiger partial charge in [0, 0.05) is 44.4 Å². The molecule has 1 saturated heterocycles. The summed E-state index contributed by atoms with van der Waals surface area (Å²) < 4.78 is 5.45. The fraction of sp³-hybridized carbons (Fsp3) is 0.385. The molecular formula is C26H30N4O4S. The lowest BCUT2D eigenvalue weighted by atomic mass is 10.1. The molecule has 0 bridgehead atoms. The fourth-order valence-electron chi connectivity index (χ4n) is 4.05. The number of aliphatic imine (C=N–C) groups is 1. The quantitative estimate of drug-likeness (QED) is 0.601. The first-order chi connectivity index (χ1) is 16.9. The van der Waals surface area contributed by atoms with Gasteiger partial charge in [-0.15, -0.1) is 0 Å². The Morgan fingerprint density at radius 3 is 2.46 bits per heavy atom. The minimum atomic E-state index is -0.484. The number of amides is 3. The van der Waals surface area contributed by atoms with E-state index in [0.717, 1.165) is 42.4 Å². The molecule has 0 unspecified atom stereocenters. The predicted molar refractivity (Wildman–Crippen MR) is 138 cm³/mol. The number of carbonyl (C=O) groups excluding carboxylic acids is 3. The normalized spacial score (nSPS) is 17.3. The Labute approximate surface area is 209 Å². The van der Waals surface area contributed by atoms with Crippen LogP contribution in [0.4, 0.5) is 5.69 Å². The fourth-order valence-corrected chi connectivity index (χ4v) is 5.17. The van der Waals surface area contributed by atoms with Crippen LogP contribution in [0.25, 0.3) is 0 Å². The molecule has 0 radical (unpaired) electrons. The van der Waals surface area contributed by atoms with Crippen molar-refractivity contribution < 1.29 is 19.1 Å². The second-order valence-corrected chi connectivity index (χ2v) is 9.77. The lowest BCUT2D eigenvalue weighted by Gasteiger charge is -2.18. The Morgan fingerprint density at radius 2 is 1.80 bits per heavy atom. The third-order valence-corrected chi connectivity index (χ3v) is 7.11. The summed E-state index contributed by atoms with van der Waals surface area (Å²) in [5, 5.41) is 3.07. The number of likely N-dealkylation sites (tertiary alicyclic amines) is 1. The van der Waals surface area contributed by atoms with Gasteiger partial charge in [0.25, 0.3) is 11.8 Å². The predicted octanol–water partition coefficient (Wildman–Crippen LogP) is 3.78. The Hall–Kier alpha value is -3.33. The summed E-state index contributed by atoms with van der Waals surface area (Å²) in [4.78, 5) is 45.5. The van der Waals surface area contributed by atoms with Gasteiger partial charge in [-0.1, -0.05) is 23.9 Å². The van der Waals surface area contributed by atoms with E-state index in [1.807, 2.05) is 31.2 Å². The van der Waals surface area contributed by atoms with Crippen molar-refractivity contribution in [1.29, 1.82) is 0 Å². The highest BCUT2D eigenvalue weighted by molar-refractivity contribution is 8.15. The average molecular weight is 495 g/mol. The van der Waals surface area contributed by atoms with Crippen LogP contribution in [0.15, 0.2) is 53.5 Å². The van der Waals surface area contributed by atoms with E-state index >= 15 is 0 Å². The maximum atomic E-state index is 12.8. The van der Waals surface area contributed by atoms with Crippen molar-refractivity contribution >= 4 is 40.3 Å². The summed E-state index contributed by atoms with van der Waals surface area (Å²) in [6.45, 7) is 4.85. The van der Waals surface area contributed by atoms with Crippen LogP contribution in [0.3, 0.4) is 0 Å². The largest absolute Gasteiger partial charge is 0.494 e. The molecule has 1 fully saturated rings. The maximum Gasteiger partial charge on any atom is 0.262 e. The number of carbonyl (C=O) groups is 3. The van der Waals surface area contributed by atoms with E-state index in [-0.39, 0.29) is 24.1 Å². The summed E-state index contributed by atoms with van der Waals surface area (Å²) in [6.07, 6.45) is 2.28. The number of nitrogens with zero attached hydrogens (tertiary/aromatic N) is 3. The number of amidine groups is 1. The zero-order chi connectivity index (χ0) is 24.8. The molecule has 184 valence electrons. The SMILES string of the molecule is CCOc1ccc(CN(C)C(=O)c2ccc(NC(=O)C[C@H]3SC(N4CCCC4)=NC3=O)cc2)cc1. The van der Waals surface area contributed by atoms with Gasteiger partial charge in [-0.2, -0.15) is 4.99 Å². The van der Waals surface area contributed by atoms with Gasteiger partial charge in [-0.25, -0.2) is 0 Å². The number of hydrogen-bond donors (Lipinski definition) is 1. The number of anilines is 1. The van der Waals surface area contributed by atoms with Crippen LogP contribution in [0.1, 0.15) is 42.1 Å². The topological polar surface area (TPSA) is 91.3 Å². The van der Waals surface area contributed by atoms with Gasteiger partial charge in [0.15, 0.2) is 5.17 Å². The molecule has 0 saturated carbocycles. The van der Waals surface area contributed by atoms with Gasteiger partial charge in [0.2, 0.25) is 5.91 Å². The summed E-state index contributed by atoms with van der Waals surface area (Å²) in [7, 11) is 1.75. The van der Waals surface area contributed by atoms with Gasteiger partial charge < -0.3 is 19.9 Å². The summed E-state index contributed by atoms with van der Waals surface area (Å²) in [6, 6.07) is 14.5. The summed E-state index contributed by atoms with van der Waals surface area (Å²) in [5.74, 6) is 0.193. The molecule has 3 amide bonds. The Kier molecular flexibility index (Phi) is 8.07. The van der Waals surface area contributed by atoms with E-state index in [9.17, 15) is 14.4 Å². The van der Waals surface area contributed by atoms with E-state index in [1.54, 1.807) is 36.2 Å². The molecule has 0 aliphatic carbocycles. The number of ether oxygens (including phenoxy) is 1. The third-order valence-electron chi connectivity index (χ3n) is 5.89. The van der Waals surface area contributed by atoms with Crippen LogP contribution < -0.4 is 10.1 Å². The van der Waals surface area contributed by atoms with Crippen LogP contribution in [-0.4, -0.2) is 64.7 Å². The molecule has 9 heteroatoms. The number of hydrogen-bond acceptors (Lipinski definition) is 6. The molecule has 0 spiro atoms. The van der Waals surface area contributed by atoms with E-state index in [4.69, 9.17) is 4.74 Å². The Balaban J connectivity index is 1.26. The molecule has 4 rings (SSSR count). The minimum absolute atomic E-state index is 0.0653. The molecule has 35 heavy (non-hydrogen) atoms. The van der Waals surface area contributed by atoms with E-state index in [2.05, 4.69) is 15.2 Å². The smallest absolute Gasteiger partial charge is 0.262 e. The number of nitrogens with one attached hydrogen (secondary N) is 1. The van der Waals surface area contributed by atoms with Crippen molar-refractivity contribution in [2.24, 2.45) is 4.99 Å². The van der Waals surface area contributed by atoms with Gasteiger partial charge in [-0.05, 0) is 61.7 Å². The first-order valence-corrected chi connectivity index (χ1v) is 12.7. The van der Waals surface area contributed by atoms with Gasteiger partial charge in [-0.3, -0.25) is 14.4 Å². The van der Waals surface area contributed by atoms with Crippen LogP contribution in [0, 0.1) is 0 Å². The van der Waals surface area contributed by atoms with Crippen LogP contribution in [0.5, 0.6) is 5.75 Å². The Bertz CT molecular complexity index is 1100. The van der Waals surface area contributed by atoms with Gasteiger partial charge in [0.1, 0.15) is 11.0 Å². The highest BCUT2D eigenvalue weighted by Crippen LogP contribution is 2.29. The molecule has 2 aromatic carbocycles. The zero-order valence-electron chi connectivity index (χ0n) is 20.0. The van der Waals surface area contributed by atoms with Crippen LogP contribution in [0.2, 0.25) is 0 Å². The highest BCUT2D eigenvalue weighted by Gasteiger charge is 2.33. The molecule has 2 aliphatic rings. The first-order valence-electron chi connectivity index (χ1n) is 11.8. The molecule has 1 atom stereocenters. The van der Waals surface area contributed by atoms with Gasteiger partial charge in [0.05, 0.1) is 6.61 Å². The summed E-state index contributed by atoms with van der Waals surface area (Å²) >= 11 is 1.38. The van der Waals surface area contributed by atoms with Gasteiger partial charge >= 0.3 is 0 Å². The first kappa shape index (κ1) is 24.8. The molecular weight excluding hydrogens is 464 g/mol. The zero-order valence-corrected chi connectivity index (χ0v) is 20.8. The van der Waals surface area contributed by atoms with Crippen LogP contribution >= 0.6 is 11.8 Å². The number of thioether (sulfide) groups is 1. The van der Waals surface area contributed by atoms with E-state index in [0.29, 0.717) is 24.4 Å². The monoisotopic (exact) mass is 494 g/mol. The molecule has 2 aliphatic heterocycles. The maximum absolute atomic E-state index is 12.8. The van der Waals surface area contributed by atoms with Crippen molar-refractivity contribution in [3.05, 3.63) is 59.7 Å². The van der Waals surface area contributed by atoms with Crippen molar-refractivity contribution in [2.45, 2.75) is 38.0 Å². The Morgan fingerprint density at radius 1 is 1.11 bits per heavy atom. The minimum Gasteiger partial charge on any atom is -0.494 e. The average Bonchev–Trinajstić information content (AvgIpc) is 3.51. The standard InChI is InChI=1S/C26H30N4O4S/c1-3-34-21-12-6-18(7-13-21)17-29(2)25(33)19-8-10-20(11-9-19)27-23(31)16-22-24(32)28-26(35-22)30-14-4-5-15-30/h6-13,22H,3-5,14-17H2,1-2H3,(H,27,31)/t22-/m1/s1. The number of benzene rings is 2. The van der Waals surface area contributed by atoms with Crippen molar-refractivity contribution in [2.75, 3.05) is 32.1 Å². The molecule has 8 nitrogen and oxygen atoms in total. The molecule has 2 aromatic rings. The third kappa shape index (κ3) is 6.42. The van der Waals surface area contributed by atoms with Crippen LogP contribution in [-0.2, 0) is 16.1 Å². The second kappa shape index (κ2) is 11.4.